The summed E-state index contributed by atoms with van der Waals surface area (Å²) in [5, 5.41) is 0. The number of rotatable bonds is 0. The molecule has 0 saturated carbocycles. The summed E-state index contributed by atoms with van der Waals surface area (Å²) in [5.41, 5.74) is 2.30. The molecule has 0 N–H and O–H groups in total. The van der Waals surface area contributed by atoms with Gasteiger partial charge in [-0.05, 0) is 36.5 Å². The van der Waals surface area contributed by atoms with E-state index < -0.39 is 0 Å². The Morgan fingerprint density at radius 1 is 1.18 bits per heavy atom. The number of ether oxygens (including phenoxy) is 1. The summed E-state index contributed by atoms with van der Waals surface area (Å²) in [6.07, 6.45) is 3.24. The third kappa shape index (κ3) is 1.67. The monoisotopic (exact) mass is 294 g/mol. The number of carbonyl (C=O) groups excluding carboxylic acids is 1. The molecule has 2 aliphatic rings. The zero-order chi connectivity index (χ0) is 11.9. The summed E-state index contributed by atoms with van der Waals surface area (Å²) in [6, 6.07) is 6.27. The molecule has 1 aromatic carbocycles. The molecule has 0 radical (unpaired) electrons. The Morgan fingerprint density at radius 3 is 2.71 bits per heavy atom. The highest BCUT2D eigenvalue weighted by Crippen LogP contribution is 2.45. The van der Waals surface area contributed by atoms with E-state index in [9.17, 15) is 4.79 Å². The second-order valence-corrected chi connectivity index (χ2v) is 5.75. The van der Waals surface area contributed by atoms with Crippen LogP contribution >= 0.6 is 15.9 Å². The Morgan fingerprint density at radius 2 is 1.94 bits per heavy atom. The first-order valence-electron chi connectivity index (χ1n) is 6.13. The third-order valence-electron chi connectivity index (χ3n) is 4.08. The quantitative estimate of drug-likeness (QED) is 0.735. The fourth-order valence-corrected chi connectivity index (χ4v) is 3.98. The maximum absolute atomic E-state index is 12.4. The van der Waals surface area contributed by atoms with Gasteiger partial charge in [0.2, 0.25) is 0 Å². The van der Waals surface area contributed by atoms with Crippen LogP contribution in [0.3, 0.4) is 0 Å². The van der Waals surface area contributed by atoms with E-state index >= 15 is 0 Å². The smallest absolute Gasteiger partial charge is 0.143 e. The number of hydrogen-bond donors (Lipinski definition) is 0. The first-order chi connectivity index (χ1) is 8.24. The second-order valence-electron chi connectivity index (χ2n) is 4.89. The molecule has 17 heavy (non-hydrogen) atoms. The number of fused-ring (bicyclic) bond motifs is 2. The summed E-state index contributed by atoms with van der Waals surface area (Å²) < 4.78 is 6.52. The molecule has 1 spiro atoms. The molecule has 1 fully saturated rings. The molecule has 2 nitrogen and oxygen atoms in total. The first-order valence-corrected chi connectivity index (χ1v) is 6.92. The van der Waals surface area contributed by atoms with Gasteiger partial charge in [-0.15, -0.1) is 0 Å². The van der Waals surface area contributed by atoms with Gasteiger partial charge < -0.3 is 4.74 Å². The van der Waals surface area contributed by atoms with Crippen LogP contribution in [0, 0.1) is 0 Å². The number of benzene rings is 1. The van der Waals surface area contributed by atoms with E-state index in [0.717, 1.165) is 23.7 Å². The van der Waals surface area contributed by atoms with E-state index in [4.69, 9.17) is 4.74 Å². The van der Waals surface area contributed by atoms with Gasteiger partial charge in [0.1, 0.15) is 5.78 Å². The van der Waals surface area contributed by atoms with Crippen molar-refractivity contribution in [2.45, 2.75) is 31.1 Å². The summed E-state index contributed by atoms with van der Waals surface area (Å²) >= 11 is 3.63. The van der Waals surface area contributed by atoms with E-state index in [2.05, 4.69) is 34.1 Å². The Kier molecular flexibility index (Phi) is 2.83. The average Bonchev–Trinajstić information content (AvgIpc) is 2.35. The van der Waals surface area contributed by atoms with Gasteiger partial charge in [0.15, 0.2) is 0 Å². The second kappa shape index (κ2) is 4.21. The number of hydrogen-bond acceptors (Lipinski definition) is 2. The third-order valence-corrected chi connectivity index (χ3v) is 4.74. The van der Waals surface area contributed by atoms with E-state index in [1.54, 1.807) is 0 Å². The Hall–Kier alpha value is -0.670. The Bertz CT molecular complexity index is 461. The lowest BCUT2D eigenvalue weighted by Crippen LogP contribution is -2.44. The number of carbonyl (C=O) groups is 1. The molecule has 1 aromatic rings. The molecule has 1 aliphatic carbocycles. The van der Waals surface area contributed by atoms with Crippen LogP contribution in [-0.2, 0) is 21.4 Å². The van der Waals surface area contributed by atoms with Gasteiger partial charge in [0.05, 0.1) is 5.41 Å². The van der Waals surface area contributed by atoms with Crippen molar-refractivity contribution < 1.29 is 9.53 Å². The van der Waals surface area contributed by atoms with Gasteiger partial charge in [0, 0.05) is 24.1 Å². The van der Waals surface area contributed by atoms with Crippen molar-refractivity contribution in [3.8, 4) is 0 Å². The van der Waals surface area contributed by atoms with Crippen molar-refractivity contribution in [2.24, 2.45) is 0 Å². The van der Waals surface area contributed by atoms with Gasteiger partial charge >= 0.3 is 0 Å². The van der Waals surface area contributed by atoms with Crippen LogP contribution in [0.2, 0.25) is 0 Å². The predicted octanol–water partition coefficient (Wildman–Crippen LogP) is 3.01. The molecule has 3 rings (SSSR count). The molecule has 0 bridgehead atoms. The maximum Gasteiger partial charge on any atom is 0.143 e. The van der Waals surface area contributed by atoms with Crippen molar-refractivity contribution >= 4 is 21.7 Å². The first kappa shape index (κ1) is 11.4. The average molecular weight is 295 g/mol. The van der Waals surface area contributed by atoms with Crippen molar-refractivity contribution in [1.29, 1.82) is 0 Å². The van der Waals surface area contributed by atoms with E-state index in [1.165, 1.54) is 11.1 Å². The van der Waals surface area contributed by atoms with Crippen LogP contribution in [0.5, 0.6) is 0 Å². The minimum Gasteiger partial charge on any atom is -0.381 e. The van der Waals surface area contributed by atoms with Crippen LogP contribution in [0.4, 0.5) is 0 Å². The SMILES string of the molecule is O=C1CCc2cccc(Br)c2C12CCOCC2. The van der Waals surface area contributed by atoms with Crippen molar-refractivity contribution in [3.63, 3.8) is 0 Å². The van der Waals surface area contributed by atoms with Gasteiger partial charge in [0.25, 0.3) is 0 Å². The molecule has 0 aromatic heterocycles. The summed E-state index contributed by atoms with van der Waals surface area (Å²) in [7, 11) is 0. The lowest BCUT2D eigenvalue weighted by Gasteiger charge is -2.41. The highest BCUT2D eigenvalue weighted by molar-refractivity contribution is 9.10. The molecule has 1 aliphatic heterocycles. The fourth-order valence-electron chi connectivity index (χ4n) is 3.19. The number of halogens is 1. The highest BCUT2D eigenvalue weighted by Gasteiger charge is 2.45. The topological polar surface area (TPSA) is 26.3 Å². The number of Topliss-reactive ketones (excluding diaryl/α,β-unsaturated/α-hetero) is 1. The molecular formula is C14H15BrO2. The predicted molar refractivity (Wildman–Crippen MR) is 69.2 cm³/mol. The Labute approximate surface area is 109 Å². The van der Waals surface area contributed by atoms with Crippen LogP contribution < -0.4 is 0 Å². The minimum absolute atomic E-state index is 0.272. The molecular weight excluding hydrogens is 280 g/mol. The number of ketones is 1. The van der Waals surface area contributed by atoms with E-state index in [1.807, 2.05) is 0 Å². The van der Waals surface area contributed by atoms with Crippen molar-refractivity contribution in [2.75, 3.05) is 13.2 Å². The molecule has 0 unspecified atom stereocenters. The van der Waals surface area contributed by atoms with Gasteiger partial charge in [-0.2, -0.15) is 0 Å². The van der Waals surface area contributed by atoms with Crippen LogP contribution in [0.25, 0.3) is 0 Å². The number of aryl methyl sites for hydroxylation is 1. The zero-order valence-corrected chi connectivity index (χ0v) is 11.3. The molecule has 0 amide bonds. The molecule has 3 heteroatoms. The van der Waals surface area contributed by atoms with Gasteiger partial charge in [-0.3, -0.25) is 4.79 Å². The van der Waals surface area contributed by atoms with E-state index in [-0.39, 0.29) is 5.41 Å². The highest BCUT2D eigenvalue weighted by atomic mass is 79.9. The van der Waals surface area contributed by atoms with E-state index in [0.29, 0.717) is 25.4 Å². The zero-order valence-electron chi connectivity index (χ0n) is 9.67. The van der Waals surface area contributed by atoms with Crippen molar-refractivity contribution in [1.82, 2.24) is 0 Å². The normalized spacial score (nSPS) is 22.5. The molecule has 0 atom stereocenters. The van der Waals surface area contributed by atoms with Gasteiger partial charge in [-0.25, -0.2) is 0 Å². The standard InChI is InChI=1S/C14H15BrO2/c15-11-3-1-2-10-4-5-12(16)14(13(10)11)6-8-17-9-7-14/h1-3H,4-9H2. The molecule has 90 valence electrons. The lowest BCUT2D eigenvalue weighted by atomic mass is 9.65. The van der Waals surface area contributed by atoms with Gasteiger partial charge in [-0.1, -0.05) is 28.1 Å². The Balaban J connectivity index is 2.18. The lowest BCUT2D eigenvalue weighted by molar-refractivity contribution is -0.129. The fraction of sp³-hybridized carbons (Fsp3) is 0.500. The molecule has 1 saturated heterocycles. The summed E-state index contributed by atoms with van der Waals surface area (Å²) in [4.78, 5) is 12.4. The largest absolute Gasteiger partial charge is 0.381 e. The van der Waals surface area contributed by atoms with Crippen LogP contribution in [-0.4, -0.2) is 19.0 Å². The van der Waals surface area contributed by atoms with Crippen LogP contribution in [0.15, 0.2) is 22.7 Å². The maximum atomic E-state index is 12.4. The van der Waals surface area contributed by atoms with Crippen molar-refractivity contribution in [3.05, 3.63) is 33.8 Å². The van der Waals surface area contributed by atoms with Crippen LogP contribution in [0.1, 0.15) is 30.4 Å². The molecule has 1 heterocycles. The minimum atomic E-state index is -0.272. The summed E-state index contributed by atoms with van der Waals surface area (Å²) in [6.45, 7) is 1.40. The summed E-state index contributed by atoms with van der Waals surface area (Å²) in [5.74, 6) is 0.403.